The third-order valence-electron chi connectivity index (χ3n) is 6.79. The first-order valence-corrected chi connectivity index (χ1v) is 13.9. The van der Waals surface area contributed by atoms with Gasteiger partial charge in [-0.05, 0) is 50.3 Å². The van der Waals surface area contributed by atoms with Crippen LogP contribution in [0.5, 0.6) is 0 Å². The zero-order valence-corrected chi connectivity index (χ0v) is 24.6. The van der Waals surface area contributed by atoms with Crippen LogP contribution in [0.15, 0.2) is 36.4 Å². The number of carbonyl (C=O) groups is 4. The van der Waals surface area contributed by atoms with Gasteiger partial charge in [-0.15, -0.1) is 0 Å². The number of amides is 3. The molecule has 1 aromatic carbocycles. The van der Waals surface area contributed by atoms with E-state index in [1.807, 2.05) is 56.3 Å². The summed E-state index contributed by atoms with van der Waals surface area (Å²) in [5.41, 5.74) is 5.34. The number of aromatic nitrogens is 1. The minimum Gasteiger partial charge on any atom is -0.455 e. The lowest BCUT2D eigenvalue weighted by atomic mass is 10.0. The lowest BCUT2D eigenvalue weighted by Crippen LogP contribution is -2.60. The number of hydrazine groups is 1. The molecular weight excluding hydrogens is 526 g/mol. The summed E-state index contributed by atoms with van der Waals surface area (Å²) < 4.78 is 10.8. The Morgan fingerprint density at radius 3 is 2.54 bits per heavy atom. The highest BCUT2D eigenvalue weighted by molar-refractivity contribution is 5.92. The SMILES string of the molecule is COC/C=C/c1ccc2ccc([C@@H](C)OC(=O)[C@@H]3CCCN(C(=O)[C@H](C)NC(=O)C(NC(C)=O)C(C)C)N3)nc2c1. The van der Waals surface area contributed by atoms with Gasteiger partial charge in [0.05, 0.1) is 17.8 Å². The Hall–Kier alpha value is -3.83. The first kappa shape index (κ1) is 31.7. The second kappa shape index (κ2) is 14.7. The summed E-state index contributed by atoms with van der Waals surface area (Å²) in [6.07, 6.45) is 4.36. The Balaban J connectivity index is 1.60. The van der Waals surface area contributed by atoms with Gasteiger partial charge in [0.1, 0.15) is 24.2 Å². The van der Waals surface area contributed by atoms with E-state index < -0.39 is 36.1 Å². The van der Waals surface area contributed by atoms with Gasteiger partial charge in [-0.2, -0.15) is 0 Å². The molecule has 0 saturated carbocycles. The molecule has 11 nitrogen and oxygen atoms in total. The van der Waals surface area contributed by atoms with E-state index in [1.54, 1.807) is 21.0 Å². The van der Waals surface area contributed by atoms with Crippen LogP contribution in [-0.2, 0) is 28.7 Å². The average Bonchev–Trinajstić information content (AvgIpc) is 2.94. The van der Waals surface area contributed by atoms with Crippen LogP contribution in [0.3, 0.4) is 0 Å². The van der Waals surface area contributed by atoms with Gasteiger partial charge < -0.3 is 20.1 Å². The van der Waals surface area contributed by atoms with E-state index in [0.717, 1.165) is 16.5 Å². The van der Waals surface area contributed by atoms with Crippen LogP contribution >= 0.6 is 0 Å². The second-order valence-electron chi connectivity index (χ2n) is 10.6. The molecule has 1 saturated heterocycles. The highest BCUT2D eigenvalue weighted by Gasteiger charge is 2.33. The molecule has 3 rings (SSSR count). The summed E-state index contributed by atoms with van der Waals surface area (Å²) in [5.74, 6) is -1.81. The number of hydrogen-bond acceptors (Lipinski definition) is 8. The Bertz CT molecular complexity index is 1280. The highest BCUT2D eigenvalue weighted by atomic mass is 16.5. The van der Waals surface area contributed by atoms with Gasteiger partial charge in [-0.1, -0.05) is 44.2 Å². The van der Waals surface area contributed by atoms with Crippen molar-refractivity contribution in [1.29, 1.82) is 0 Å². The summed E-state index contributed by atoms with van der Waals surface area (Å²) in [5, 5.41) is 7.61. The van der Waals surface area contributed by atoms with Crippen LogP contribution in [-0.4, -0.2) is 72.1 Å². The molecule has 3 N–H and O–H groups in total. The van der Waals surface area contributed by atoms with Crippen LogP contribution in [0, 0.1) is 5.92 Å². The molecule has 1 aliphatic rings. The predicted octanol–water partition coefficient (Wildman–Crippen LogP) is 2.66. The van der Waals surface area contributed by atoms with Crippen LogP contribution in [0.1, 0.15) is 64.8 Å². The smallest absolute Gasteiger partial charge is 0.325 e. The zero-order chi connectivity index (χ0) is 30.1. The fraction of sp³-hybridized carbons (Fsp3) is 0.500. The summed E-state index contributed by atoms with van der Waals surface area (Å²) in [6, 6.07) is 7.37. The van der Waals surface area contributed by atoms with Crippen LogP contribution in [0.25, 0.3) is 17.0 Å². The van der Waals surface area contributed by atoms with E-state index in [4.69, 9.17) is 14.5 Å². The lowest BCUT2D eigenvalue weighted by Gasteiger charge is -2.35. The first-order valence-electron chi connectivity index (χ1n) is 13.9. The highest BCUT2D eigenvalue weighted by Crippen LogP contribution is 2.22. The number of ether oxygens (including phenoxy) is 2. The van der Waals surface area contributed by atoms with E-state index in [9.17, 15) is 19.2 Å². The van der Waals surface area contributed by atoms with Crippen molar-refractivity contribution in [2.24, 2.45) is 5.92 Å². The number of methoxy groups -OCH3 is 1. The maximum Gasteiger partial charge on any atom is 0.325 e. The molecule has 11 heteroatoms. The molecule has 4 atom stereocenters. The number of carbonyl (C=O) groups excluding carboxylic acids is 4. The molecule has 0 bridgehead atoms. The van der Waals surface area contributed by atoms with Crippen molar-refractivity contribution in [3.63, 3.8) is 0 Å². The Labute approximate surface area is 241 Å². The third-order valence-corrected chi connectivity index (χ3v) is 6.79. The van der Waals surface area contributed by atoms with Gasteiger partial charge in [0.2, 0.25) is 11.8 Å². The molecule has 1 fully saturated rings. The number of nitrogens with one attached hydrogen (secondary N) is 3. The number of fused-ring (bicyclic) bond motifs is 1. The molecule has 0 radical (unpaired) electrons. The Morgan fingerprint density at radius 2 is 1.85 bits per heavy atom. The average molecular weight is 568 g/mol. The van der Waals surface area contributed by atoms with Gasteiger partial charge in [-0.25, -0.2) is 10.4 Å². The van der Waals surface area contributed by atoms with Crippen molar-refractivity contribution in [3.8, 4) is 0 Å². The van der Waals surface area contributed by atoms with Crippen molar-refractivity contribution < 1.29 is 28.7 Å². The van der Waals surface area contributed by atoms with Crippen molar-refractivity contribution in [3.05, 3.63) is 47.7 Å². The molecule has 1 aromatic heterocycles. The molecule has 2 heterocycles. The molecule has 1 unspecified atom stereocenters. The number of pyridine rings is 1. The van der Waals surface area contributed by atoms with Crippen molar-refractivity contribution >= 4 is 40.7 Å². The van der Waals surface area contributed by atoms with Gasteiger partial charge >= 0.3 is 5.97 Å². The van der Waals surface area contributed by atoms with Crippen LogP contribution in [0.4, 0.5) is 0 Å². The molecule has 222 valence electrons. The van der Waals surface area contributed by atoms with E-state index >= 15 is 0 Å². The number of esters is 1. The quantitative estimate of drug-likeness (QED) is 0.352. The van der Waals surface area contributed by atoms with Gasteiger partial charge in [0.25, 0.3) is 5.91 Å². The van der Waals surface area contributed by atoms with Gasteiger partial charge in [0.15, 0.2) is 0 Å². The second-order valence-corrected chi connectivity index (χ2v) is 10.6. The summed E-state index contributed by atoms with van der Waals surface area (Å²) >= 11 is 0. The minimum atomic E-state index is -0.866. The van der Waals surface area contributed by atoms with E-state index in [-0.39, 0.29) is 17.7 Å². The van der Waals surface area contributed by atoms with Crippen molar-refractivity contribution in [1.82, 2.24) is 26.1 Å². The number of hydrogen-bond donors (Lipinski definition) is 3. The van der Waals surface area contributed by atoms with E-state index in [2.05, 4.69) is 16.1 Å². The van der Waals surface area contributed by atoms with Crippen molar-refractivity contribution in [2.75, 3.05) is 20.3 Å². The fourth-order valence-electron chi connectivity index (χ4n) is 4.54. The Morgan fingerprint density at radius 1 is 1.12 bits per heavy atom. The molecule has 0 aliphatic carbocycles. The largest absolute Gasteiger partial charge is 0.455 e. The fourth-order valence-corrected chi connectivity index (χ4v) is 4.54. The summed E-state index contributed by atoms with van der Waals surface area (Å²) in [4.78, 5) is 55.0. The first-order chi connectivity index (χ1) is 19.5. The van der Waals surface area contributed by atoms with Crippen LogP contribution < -0.4 is 16.1 Å². The molecule has 2 aromatic rings. The van der Waals surface area contributed by atoms with Crippen LogP contribution in [0.2, 0.25) is 0 Å². The lowest BCUT2D eigenvalue weighted by molar-refractivity contribution is -0.157. The Kier molecular flexibility index (Phi) is 11.4. The predicted molar refractivity (Wildman–Crippen MR) is 155 cm³/mol. The maximum absolute atomic E-state index is 13.1. The molecule has 1 aliphatic heterocycles. The third kappa shape index (κ3) is 8.83. The van der Waals surface area contributed by atoms with Gasteiger partial charge in [0, 0.05) is 26.0 Å². The minimum absolute atomic E-state index is 0.160. The van der Waals surface area contributed by atoms with E-state index in [1.165, 1.54) is 11.9 Å². The number of rotatable bonds is 11. The number of nitrogens with zero attached hydrogens (tertiary/aromatic N) is 2. The monoisotopic (exact) mass is 567 g/mol. The zero-order valence-electron chi connectivity index (χ0n) is 24.6. The van der Waals surface area contributed by atoms with Gasteiger partial charge in [-0.3, -0.25) is 24.2 Å². The molecule has 0 spiro atoms. The maximum atomic E-state index is 13.1. The molecular formula is C30H41N5O6. The standard InChI is InChI=1S/C30H41N5O6/c1-18(2)27(32-21(5)36)28(37)31-19(3)29(38)35-15-7-10-25(34-35)30(39)41-20(4)24-14-13-23-12-11-22(9-8-16-40-6)17-26(23)33-24/h8-9,11-14,17-20,25,27,34H,7,10,15-16H2,1-6H3,(H,31,37)(H,32,36)/b9-8+/t19-,20+,25-,27?/m0/s1. The molecule has 3 amide bonds. The normalized spacial score (nSPS) is 17.7. The van der Waals surface area contributed by atoms with E-state index in [0.29, 0.717) is 31.7 Å². The molecule has 41 heavy (non-hydrogen) atoms. The summed E-state index contributed by atoms with van der Waals surface area (Å²) in [7, 11) is 1.64. The topological polar surface area (TPSA) is 139 Å². The van der Waals surface area contributed by atoms with Crippen molar-refractivity contribution in [2.45, 2.75) is 71.7 Å². The number of benzene rings is 1. The summed E-state index contributed by atoms with van der Waals surface area (Å²) in [6.45, 7) is 9.18.